The number of carbonyl (C=O) groups excluding carboxylic acids is 4. The van der Waals surface area contributed by atoms with E-state index in [1.807, 2.05) is 51.1 Å². The number of hydrogen-bond acceptors (Lipinski definition) is 7. The Kier molecular flexibility index (Phi) is 10.2. The van der Waals surface area contributed by atoms with Crippen LogP contribution in [0.2, 0.25) is 0 Å². The second-order valence-corrected chi connectivity index (χ2v) is 11.3. The van der Waals surface area contributed by atoms with Crippen LogP contribution in [0.3, 0.4) is 0 Å². The molecule has 0 aliphatic carbocycles. The van der Waals surface area contributed by atoms with Gasteiger partial charge in [0.05, 0.1) is 6.04 Å². The zero-order chi connectivity index (χ0) is 29.4. The van der Waals surface area contributed by atoms with Crippen LogP contribution in [-0.2, 0) is 22.6 Å². The van der Waals surface area contributed by atoms with Gasteiger partial charge in [-0.1, -0.05) is 44.2 Å². The molecule has 41 heavy (non-hydrogen) atoms. The van der Waals surface area contributed by atoms with Crippen molar-refractivity contribution in [3.05, 3.63) is 69.9 Å². The summed E-state index contributed by atoms with van der Waals surface area (Å²) in [5, 5.41) is 18.1. The summed E-state index contributed by atoms with van der Waals surface area (Å²) in [5.74, 6) is -1.56. The van der Waals surface area contributed by atoms with Gasteiger partial charge in [0, 0.05) is 31.1 Å². The highest BCUT2D eigenvalue weighted by Crippen LogP contribution is 2.26. The highest BCUT2D eigenvalue weighted by atomic mass is 32.1. The maximum Gasteiger partial charge on any atom is 0.272 e. The van der Waals surface area contributed by atoms with Gasteiger partial charge in [0.15, 0.2) is 0 Å². The van der Waals surface area contributed by atoms with Crippen LogP contribution < -0.4 is 21.3 Å². The third kappa shape index (κ3) is 8.00. The number of hydrogen-bond donors (Lipinski definition) is 4. The van der Waals surface area contributed by atoms with Crippen LogP contribution in [-0.4, -0.2) is 57.0 Å². The summed E-state index contributed by atoms with van der Waals surface area (Å²) in [5.41, 5.74) is 1.34. The van der Waals surface area contributed by atoms with Gasteiger partial charge < -0.3 is 21.3 Å². The lowest BCUT2D eigenvalue weighted by Gasteiger charge is -2.25. The molecule has 1 aliphatic rings. The fourth-order valence-electron chi connectivity index (χ4n) is 4.56. The molecule has 12 heteroatoms. The van der Waals surface area contributed by atoms with Crippen LogP contribution in [0.4, 0.5) is 0 Å². The summed E-state index contributed by atoms with van der Waals surface area (Å²) in [6.45, 7) is 6.81. The SMILES string of the molecule is CCn1ccc(C(=O)N[C@H]2CCCCNC(=O)[C@@H](Cc3ccccc3)NC(=O)c3csc(n3)[C@@H](C(C)C)NC2=O)n1. The van der Waals surface area contributed by atoms with E-state index in [1.165, 1.54) is 11.3 Å². The Balaban J connectivity index is 1.57. The monoisotopic (exact) mass is 579 g/mol. The van der Waals surface area contributed by atoms with Crippen molar-refractivity contribution < 1.29 is 19.2 Å². The van der Waals surface area contributed by atoms with Gasteiger partial charge in [0.1, 0.15) is 28.5 Å². The predicted molar refractivity (Wildman–Crippen MR) is 155 cm³/mol. The maximum absolute atomic E-state index is 13.5. The second-order valence-electron chi connectivity index (χ2n) is 10.4. The highest BCUT2D eigenvalue weighted by Gasteiger charge is 2.29. The second kappa shape index (κ2) is 14.0. The van der Waals surface area contributed by atoms with E-state index in [2.05, 4.69) is 31.3 Å². The predicted octanol–water partition coefficient (Wildman–Crippen LogP) is 2.61. The summed E-state index contributed by atoms with van der Waals surface area (Å²) in [4.78, 5) is 57.3. The quantitative estimate of drug-likeness (QED) is 0.353. The van der Waals surface area contributed by atoms with Crippen LogP contribution in [0.25, 0.3) is 0 Å². The van der Waals surface area contributed by atoms with E-state index in [0.717, 1.165) is 5.56 Å². The number of aryl methyl sites for hydroxylation is 1. The van der Waals surface area contributed by atoms with Gasteiger partial charge in [-0.05, 0) is 43.7 Å². The molecular formula is C29H37N7O4S. The molecule has 0 saturated heterocycles. The normalized spacial score (nSPS) is 20.7. The van der Waals surface area contributed by atoms with Crippen molar-refractivity contribution in [3.8, 4) is 0 Å². The molecule has 218 valence electrons. The van der Waals surface area contributed by atoms with E-state index >= 15 is 0 Å². The zero-order valence-electron chi connectivity index (χ0n) is 23.6. The Bertz CT molecular complexity index is 1350. The van der Waals surface area contributed by atoms with E-state index in [0.29, 0.717) is 43.8 Å². The first-order chi connectivity index (χ1) is 19.7. The van der Waals surface area contributed by atoms with Gasteiger partial charge in [0.25, 0.3) is 11.8 Å². The molecule has 0 unspecified atom stereocenters. The topological polar surface area (TPSA) is 147 Å². The van der Waals surface area contributed by atoms with Gasteiger partial charge in [-0.2, -0.15) is 5.10 Å². The minimum atomic E-state index is -0.812. The molecule has 4 rings (SSSR count). The smallest absolute Gasteiger partial charge is 0.272 e. The number of aromatic nitrogens is 3. The summed E-state index contributed by atoms with van der Waals surface area (Å²) < 4.78 is 1.65. The number of amides is 4. The van der Waals surface area contributed by atoms with E-state index in [9.17, 15) is 19.2 Å². The lowest BCUT2D eigenvalue weighted by Crippen LogP contribution is -2.49. The summed E-state index contributed by atoms with van der Waals surface area (Å²) >= 11 is 1.27. The van der Waals surface area contributed by atoms with Crippen molar-refractivity contribution in [2.45, 2.75) is 71.1 Å². The highest BCUT2D eigenvalue weighted by molar-refractivity contribution is 7.09. The number of nitrogens with zero attached hydrogens (tertiary/aromatic N) is 3. The maximum atomic E-state index is 13.5. The van der Waals surface area contributed by atoms with E-state index in [-0.39, 0.29) is 29.1 Å². The molecule has 4 amide bonds. The van der Waals surface area contributed by atoms with Crippen LogP contribution in [0.15, 0.2) is 48.0 Å². The Morgan fingerprint density at radius 3 is 2.59 bits per heavy atom. The third-order valence-corrected chi connectivity index (χ3v) is 7.86. The molecule has 0 radical (unpaired) electrons. The fourth-order valence-corrected chi connectivity index (χ4v) is 5.58. The molecule has 2 bridgehead atoms. The van der Waals surface area contributed by atoms with Crippen LogP contribution in [0.1, 0.15) is 77.6 Å². The minimum absolute atomic E-state index is 0.0342. The van der Waals surface area contributed by atoms with Crippen molar-refractivity contribution in [3.63, 3.8) is 0 Å². The van der Waals surface area contributed by atoms with E-state index in [1.54, 1.807) is 22.3 Å². The van der Waals surface area contributed by atoms with E-state index in [4.69, 9.17) is 0 Å². The number of fused-ring (bicyclic) bond motifs is 2. The average Bonchev–Trinajstić information content (AvgIpc) is 3.65. The molecule has 0 saturated carbocycles. The first-order valence-corrected chi connectivity index (χ1v) is 14.9. The molecule has 1 aliphatic heterocycles. The number of nitrogens with one attached hydrogen (secondary N) is 4. The molecule has 0 spiro atoms. The first kappa shape index (κ1) is 29.9. The lowest BCUT2D eigenvalue weighted by atomic mass is 10.0. The van der Waals surface area contributed by atoms with Crippen molar-refractivity contribution in [2.75, 3.05) is 6.54 Å². The van der Waals surface area contributed by atoms with Crippen molar-refractivity contribution in [1.82, 2.24) is 36.0 Å². The van der Waals surface area contributed by atoms with Crippen LogP contribution in [0, 0.1) is 5.92 Å². The standard InChI is InChI=1S/C29H37N7O4S/c1-4-36-15-13-21(35-36)27(39)31-20-12-8-9-14-30-25(37)22(16-19-10-6-5-7-11-19)32-28(40)23-17-41-29(33-23)24(18(2)3)34-26(20)38/h5-7,10-11,13,15,17-18,20,22,24H,4,8-9,12,14,16H2,1-3H3,(H,30,37)(H,31,39)(H,32,40)(H,34,38)/t20-,22+,24+/m0/s1. The third-order valence-electron chi connectivity index (χ3n) is 6.93. The largest absolute Gasteiger partial charge is 0.354 e. The van der Waals surface area contributed by atoms with Crippen molar-refractivity contribution in [1.29, 1.82) is 0 Å². The first-order valence-electron chi connectivity index (χ1n) is 14.0. The Morgan fingerprint density at radius 1 is 1.10 bits per heavy atom. The molecular weight excluding hydrogens is 542 g/mol. The molecule has 1 aromatic carbocycles. The summed E-state index contributed by atoms with van der Waals surface area (Å²) in [6.07, 6.45) is 3.59. The van der Waals surface area contributed by atoms with Gasteiger partial charge in [-0.3, -0.25) is 23.9 Å². The van der Waals surface area contributed by atoms with Crippen molar-refractivity contribution >= 4 is 35.0 Å². The molecule has 0 fully saturated rings. The summed E-state index contributed by atoms with van der Waals surface area (Å²) in [7, 11) is 0. The molecule has 4 N–H and O–H groups in total. The number of benzene rings is 1. The molecule has 11 nitrogen and oxygen atoms in total. The van der Waals surface area contributed by atoms with Gasteiger partial charge in [0.2, 0.25) is 11.8 Å². The Hall–Kier alpha value is -4.06. The number of thiazole rings is 1. The average molecular weight is 580 g/mol. The van der Waals surface area contributed by atoms with Gasteiger partial charge >= 0.3 is 0 Å². The zero-order valence-corrected chi connectivity index (χ0v) is 24.4. The van der Waals surface area contributed by atoms with Crippen LogP contribution in [0.5, 0.6) is 0 Å². The van der Waals surface area contributed by atoms with Gasteiger partial charge in [-0.15, -0.1) is 11.3 Å². The minimum Gasteiger partial charge on any atom is -0.354 e. The number of rotatable bonds is 6. The van der Waals surface area contributed by atoms with Crippen molar-refractivity contribution in [2.24, 2.45) is 5.92 Å². The lowest BCUT2D eigenvalue weighted by molar-refractivity contribution is -0.124. The number of carbonyl (C=O) groups is 4. The van der Waals surface area contributed by atoms with Gasteiger partial charge in [-0.25, -0.2) is 4.98 Å². The Labute approximate surface area is 243 Å². The fraction of sp³-hybridized carbons (Fsp3) is 0.448. The molecule has 3 heterocycles. The molecule has 2 aromatic heterocycles. The molecule has 3 aromatic rings. The van der Waals surface area contributed by atoms with E-state index < -0.39 is 29.9 Å². The molecule has 3 atom stereocenters. The Morgan fingerprint density at radius 2 is 1.88 bits per heavy atom. The summed E-state index contributed by atoms with van der Waals surface area (Å²) in [6, 6.07) is 9.06. The van der Waals surface area contributed by atoms with Crippen LogP contribution >= 0.6 is 11.3 Å².